The van der Waals surface area contributed by atoms with Crippen molar-refractivity contribution in [3.63, 3.8) is 0 Å². The molecule has 0 saturated heterocycles. The highest BCUT2D eigenvalue weighted by molar-refractivity contribution is 5.92. The van der Waals surface area contributed by atoms with E-state index in [1.54, 1.807) is 44.7 Å². The largest absolute Gasteiger partial charge is 0.508 e. The van der Waals surface area contributed by atoms with Crippen LogP contribution in [0.1, 0.15) is 108 Å². The van der Waals surface area contributed by atoms with Crippen molar-refractivity contribution >= 4 is 23.9 Å². The monoisotopic (exact) mass is 653 g/mol. The zero-order chi connectivity index (χ0) is 35.0. The molecule has 0 aromatic heterocycles. The van der Waals surface area contributed by atoms with Crippen molar-refractivity contribution in [1.29, 1.82) is 0 Å². The smallest absolute Gasteiger partial charge is 0.408 e. The highest BCUT2D eigenvalue weighted by Gasteiger charge is 2.36. The number of aryl methyl sites for hydroxylation is 2. The Bertz CT molecular complexity index is 1300. The minimum atomic E-state index is -1.07. The molecule has 10 nitrogen and oxygen atoms in total. The fraction of sp³-hybridized carbons (Fsp3) is 0.568. The van der Waals surface area contributed by atoms with E-state index >= 15 is 0 Å². The number of benzene rings is 2. The molecular formula is C37H55N3O7. The van der Waals surface area contributed by atoms with Gasteiger partial charge in [-0.05, 0) is 82.3 Å². The Morgan fingerprint density at radius 2 is 1.55 bits per heavy atom. The summed E-state index contributed by atoms with van der Waals surface area (Å²) in [7, 11) is 0. The second-order valence-electron chi connectivity index (χ2n) is 13.0. The van der Waals surface area contributed by atoms with E-state index < -0.39 is 41.6 Å². The molecule has 47 heavy (non-hydrogen) atoms. The van der Waals surface area contributed by atoms with E-state index in [1.807, 2.05) is 32.0 Å². The number of phenolic OH excluding ortho intramolecular Hbond substituents is 1. The van der Waals surface area contributed by atoms with Crippen LogP contribution in [0.15, 0.2) is 42.5 Å². The third kappa shape index (κ3) is 14.1. The molecule has 0 fully saturated rings. The highest BCUT2D eigenvalue weighted by atomic mass is 16.6. The topological polar surface area (TPSA) is 134 Å². The summed E-state index contributed by atoms with van der Waals surface area (Å²) >= 11 is 0. The summed E-state index contributed by atoms with van der Waals surface area (Å²) in [6.07, 6.45) is 5.21. The van der Waals surface area contributed by atoms with Gasteiger partial charge in [-0.3, -0.25) is 14.4 Å². The van der Waals surface area contributed by atoms with Crippen LogP contribution in [0.4, 0.5) is 4.79 Å². The Morgan fingerprint density at radius 3 is 2.17 bits per heavy atom. The van der Waals surface area contributed by atoms with Crippen LogP contribution >= 0.6 is 0 Å². The summed E-state index contributed by atoms with van der Waals surface area (Å²) < 4.78 is 10.5. The van der Waals surface area contributed by atoms with Crippen LogP contribution in [-0.2, 0) is 30.3 Å². The first-order valence-electron chi connectivity index (χ1n) is 16.8. The molecule has 3 N–H and O–H groups in total. The van der Waals surface area contributed by atoms with Gasteiger partial charge in [-0.25, -0.2) is 4.79 Å². The third-order valence-corrected chi connectivity index (χ3v) is 7.74. The lowest BCUT2D eigenvalue weighted by Gasteiger charge is -2.35. The van der Waals surface area contributed by atoms with E-state index in [-0.39, 0.29) is 38.3 Å². The number of hydrogen-bond acceptors (Lipinski definition) is 7. The summed E-state index contributed by atoms with van der Waals surface area (Å²) in [5.41, 5.74) is 2.54. The van der Waals surface area contributed by atoms with Crippen molar-refractivity contribution in [3.8, 4) is 5.75 Å². The maximum atomic E-state index is 14.7. The molecule has 0 saturated carbocycles. The number of ether oxygens (including phenoxy) is 2. The first-order valence-corrected chi connectivity index (χ1v) is 16.8. The lowest BCUT2D eigenvalue weighted by molar-refractivity contribution is -0.144. The molecule has 0 spiro atoms. The Morgan fingerprint density at radius 1 is 0.894 bits per heavy atom. The molecule has 10 heteroatoms. The first-order chi connectivity index (χ1) is 22.2. The maximum absolute atomic E-state index is 14.7. The summed E-state index contributed by atoms with van der Waals surface area (Å²) in [6.45, 7) is 13.6. The van der Waals surface area contributed by atoms with Crippen LogP contribution < -0.4 is 10.6 Å². The molecule has 0 heterocycles. The predicted octanol–water partition coefficient (Wildman–Crippen LogP) is 6.44. The minimum absolute atomic E-state index is 0.00568. The molecule has 2 aromatic carbocycles. The second-order valence-corrected chi connectivity index (χ2v) is 13.0. The molecule has 260 valence electrons. The van der Waals surface area contributed by atoms with Crippen LogP contribution in [0, 0.1) is 13.8 Å². The number of carbonyl (C=O) groups is 4. The van der Waals surface area contributed by atoms with Gasteiger partial charge in [-0.2, -0.15) is 0 Å². The molecule has 0 aliphatic carbocycles. The zero-order valence-electron chi connectivity index (χ0n) is 29.3. The van der Waals surface area contributed by atoms with Gasteiger partial charge < -0.3 is 30.1 Å². The van der Waals surface area contributed by atoms with Crippen LogP contribution in [-0.4, -0.2) is 65.2 Å². The average Bonchev–Trinajstić information content (AvgIpc) is 2.99. The van der Waals surface area contributed by atoms with Crippen LogP contribution in [0.2, 0.25) is 0 Å². The van der Waals surface area contributed by atoms with Gasteiger partial charge in [0, 0.05) is 19.5 Å². The number of aromatic hydroxyl groups is 1. The third-order valence-electron chi connectivity index (χ3n) is 7.74. The number of hydrogen-bond donors (Lipinski definition) is 3. The molecule has 0 aliphatic heterocycles. The Hall–Kier alpha value is -4.08. The fourth-order valence-electron chi connectivity index (χ4n) is 5.17. The van der Waals surface area contributed by atoms with Crippen molar-refractivity contribution in [3.05, 3.63) is 64.7 Å². The minimum Gasteiger partial charge on any atom is -0.508 e. The van der Waals surface area contributed by atoms with Gasteiger partial charge in [0.05, 0.1) is 13.0 Å². The molecule has 0 aliphatic rings. The van der Waals surface area contributed by atoms with E-state index in [0.717, 1.165) is 43.2 Å². The quantitative estimate of drug-likeness (QED) is 0.124. The fourth-order valence-corrected chi connectivity index (χ4v) is 5.17. The number of phenols is 1. The second kappa shape index (κ2) is 19.6. The number of nitrogens with one attached hydrogen (secondary N) is 2. The van der Waals surface area contributed by atoms with Gasteiger partial charge in [-0.15, -0.1) is 0 Å². The van der Waals surface area contributed by atoms with E-state index in [4.69, 9.17) is 9.47 Å². The SMILES string of the molecule is CCCCCCCCN(C(=O)C(Cc1ccc(O)cc1)NC(=O)OC(C)(C)C)C(C(=O)NCCC(=O)OCC)c1ccc(C)c(C)c1. The number of nitrogens with zero attached hydrogens (tertiary/aromatic N) is 1. The lowest BCUT2D eigenvalue weighted by atomic mass is 9.97. The van der Waals surface area contributed by atoms with Crippen LogP contribution in [0.25, 0.3) is 0 Å². The maximum Gasteiger partial charge on any atom is 0.408 e. The van der Waals surface area contributed by atoms with Crippen molar-refractivity contribution < 1.29 is 33.8 Å². The summed E-state index contributed by atoms with van der Waals surface area (Å²) in [5, 5.41) is 15.5. The van der Waals surface area contributed by atoms with Gasteiger partial charge in [0.25, 0.3) is 0 Å². The Labute approximate surface area is 280 Å². The van der Waals surface area contributed by atoms with Crippen LogP contribution in [0.3, 0.4) is 0 Å². The van der Waals surface area contributed by atoms with Gasteiger partial charge in [0.1, 0.15) is 23.4 Å². The standard InChI is InChI=1S/C37H55N3O7/c1-8-10-11-12-13-14-23-40(33(29-18-15-26(3)27(4)24-29)34(43)38-22-21-32(42)46-9-2)35(44)31(39-36(45)47-37(5,6)7)25-28-16-19-30(41)20-17-28/h15-20,24,31,33,41H,8-14,21-23,25H2,1-7H3,(H,38,43)(H,39,45). The lowest BCUT2D eigenvalue weighted by Crippen LogP contribution is -2.54. The number of esters is 1. The average molecular weight is 654 g/mol. The molecule has 2 atom stereocenters. The summed E-state index contributed by atoms with van der Waals surface area (Å²) in [4.78, 5) is 55.3. The predicted molar refractivity (Wildman–Crippen MR) is 183 cm³/mol. The van der Waals surface area contributed by atoms with Gasteiger partial charge in [-0.1, -0.05) is 69.4 Å². The number of alkyl carbamates (subject to hydrolysis) is 1. The Kier molecular flexibility index (Phi) is 16.3. The molecule has 2 unspecified atom stereocenters. The van der Waals surface area contributed by atoms with E-state index in [1.165, 1.54) is 12.1 Å². The highest BCUT2D eigenvalue weighted by Crippen LogP contribution is 2.26. The first kappa shape index (κ1) is 39.1. The van der Waals surface area contributed by atoms with E-state index in [0.29, 0.717) is 17.5 Å². The van der Waals surface area contributed by atoms with Crippen molar-refractivity contribution in [2.24, 2.45) is 0 Å². The normalized spacial score (nSPS) is 12.5. The van der Waals surface area contributed by atoms with Gasteiger partial charge >= 0.3 is 12.1 Å². The Balaban J connectivity index is 2.55. The van der Waals surface area contributed by atoms with Crippen molar-refractivity contribution in [2.75, 3.05) is 19.7 Å². The summed E-state index contributed by atoms with van der Waals surface area (Å²) in [6, 6.07) is 9.99. The van der Waals surface area contributed by atoms with Crippen molar-refractivity contribution in [2.45, 2.75) is 118 Å². The van der Waals surface area contributed by atoms with Crippen LogP contribution in [0.5, 0.6) is 5.75 Å². The molecule has 0 radical (unpaired) electrons. The zero-order valence-corrected chi connectivity index (χ0v) is 29.3. The molecule has 0 bridgehead atoms. The number of carbonyl (C=O) groups excluding carboxylic acids is 4. The molecule has 2 rings (SSSR count). The summed E-state index contributed by atoms with van der Waals surface area (Å²) in [5.74, 6) is -1.22. The number of amides is 3. The molecule has 3 amide bonds. The van der Waals surface area contributed by atoms with Gasteiger partial charge in [0.15, 0.2) is 0 Å². The van der Waals surface area contributed by atoms with E-state index in [2.05, 4.69) is 17.6 Å². The van der Waals surface area contributed by atoms with Crippen molar-refractivity contribution in [1.82, 2.24) is 15.5 Å². The van der Waals surface area contributed by atoms with Gasteiger partial charge in [0.2, 0.25) is 11.8 Å². The van der Waals surface area contributed by atoms with E-state index in [9.17, 15) is 24.3 Å². The molecular weight excluding hydrogens is 598 g/mol. The number of rotatable bonds is 18. The number of unbranched alkanes of at least 4 members (excludes halogenated alkanes) is 5. The molecule has 2 aromatic rings.